The Bertz CT molecular complexity index is 1200. The van der Waals surface area contributed by atoms with Crippen LogP contribution < -0.4 is 22.1 Å². The zero-order valence-electron chi connectivity index (χ0n) is 21.6. The average molecular weight is 545 g/mol. The number of fused-ring (bicyclic) bond motifs is 1. The zero-order chi connectivity index (χ0) is 28.5. The lowest BCUT2D eigenvalue weighted by Crippen LogP contribution is -2.57. The van der Waals surface area contributed by atoms with Crippen LogP contribution in [0, 0.1) is 0 Å². The molecule has 2 aromatic rings. The fourth-order valence-electron chi connectivity index (χ4n) is 4.82. The average Bonchev–Trinajstić information content (AvgIpc) is 3.55. The lowest BCUT2D eigenvalue weighted by Gasteiger charge is -2.28. The lowest BCUT2D eigenvalue weighted by molar-refractivity contribution is -0.147. The molecule has 4 atom stereocenters. The van der Waals surface area contributed by atoms with Crippen LogP contribution in [0.1, 0.15) is 44.1 Å². The number of carbonyl (C=O) groups is 5. The van der Waals surface area contributed by atoms with Crippen LogP contribution in [0.25, 0.3) is 10.9 Å². The van der Waals surface area contributed by atoms with Gasteiger partial charge in [0.2, 0.25) is 17.7 Å². The highest BCUT2D eigenvalue weighted by atomic mass is 16.4. The largest absolute Gasteiger partial charge is 0.481 e. The van der Waals surface area contributed by atoms with Crippen LogP contribution in [0.2, 0.25) is 0 Å². The van der Waals surface area contributed by atoms with Gasteiger partial charge < -0.3 is 42.2 Å². The summed E-state index contributed by atoms with van der Waals surface area (Å²) in [5.74, 6) is -4.65. The molecule has 2 heterocycles. The van der Waals surface area contributed by atoms with Gasteiger partial charge in [0.05, 0.1) is 12.5 Å². The monoisotopic (exact) mass is 544 g/mol. The number of aromatic amines is 1. The van der Waals surface area contributed by atoms with Crippen molar-refractivity contribution >= 4 is 40.6 Å². The van der Waals surface area contributed by atoms with Crippen molar-refractivity contribution in [3.05, 3.63) is 36.0 Å². The van der Waals surface area contributed by atoms with E-state index in [1.54, 1.807) is 0 Å². The molecule has 0 saturated carbocycles. The van der Waals surface area contributed by atoms with Gasteiger partial charge in [0, 0.05) is 23.6 Å². The number of carboxylic acid groups (broad SMARTS) is 2. The Hall–Kier alpha value is -3.97. The van der Waals surface area contributed by atoms with Crippen LogP contribution in [0.4, 0.5) is 0 Å². The van der Waals surface area contributed by atoms with Crippen LogP contribution in [0.15, 0.2) is 30.5 Å². The number of hydrogen-bond donors (Lipinski definition) is 7. The molecule has 1 aromatic heterocycles. The minimum absolute atomic E-state index is 0.162. The third-order valence-corrected chi connectivity index (χ3v) is 6.84. The van der Waals surface area contributed by atoms with Gasteiger partial charge in [-0.05, 0) is 56.7 Å². The number of H-pyrrole nitrogens is 1. The normalized spacial score (nSPS) is 17.4. The quantitative estimate of drug-likeness (QED) is 0.155. The van der Waals surface area contributed by atoms with Gasteiger partial charge in [-0.15, -0.1) is 0 Å². The molecule has 1 aliphatic heterocycles. The Labute approximate surface area is 225 Å². The molecule has 9 N–H and O–H groups in total. The Kier molecular flexibility index (Phi) is 10.4. The molecule has 39 heavy (non-hydrogen) atoms. The number of nitrogens with two attached hydrogens (primary N) is 2. The number of carboxylic acids is 2. The first-order valence-electron chi connectivity index (χ1n) is 13.0. The predicted molar refractivity (Wildman–Crippen MR) is 141 cm³/mol. The van der Waals surface area contributed by atoms with Crippen LogP contribution in [0.5, 0.6) is 0 Å². The van der Waals surface area contributed by atoms with E-state index in [0.29, 0.717) is 38.8 Å². The van der Waals surface area contributed by atoms with E-state index in [1.807, 2.05) is 30.5 Å². The van der Waals surface area contributed by atoms with Crippen molar-refractivity contribution in [3.8, 4) is 0 Å². The van der Waals surface area contributed by atoms with Crippen molar-refractivity contribution in [2.75, 3.05) is 13.1 Å². The van der Waals surface area contributed by atoms with E-state index in [1.165, 1.54) is 4.90 Å². The molecule has 13 heteroatoms. The Morgan fingerprint density at radius 1 is 1.08 bits per heavy atom. The number of nitrogens with zero attached hydrogens (tertiary/aromatic N) is 1. The molecule has 212 valence electrons. The zero-order valence-corrected chi connectivity index (χ0v) is 21.6. The number of likely N-dealkylation sites (tertiary alicyclic amines) is 1. The lowest BCUT2D eigenvalue weighted by atomic mass is 10.0. The molecule has 4 unspecified atom stereocenters. The molecule has 1 aromatic carbocycles. The number of hydrogen-bond acceptors (Lipinski definition) is 7. The number of carbonyl (C=O) groups excluding carboxylic acids is 3. The molecular formula is C26H36N6O7. The van der Waals surface area contributed by atoms with E-state index >= 15 is 0 Å². The molecule has 1 saturated heterocycles. The summed E-state index contributed by atoms with van der Waals surface area (Å²) in [4.78, 5) is 66.4. The van der Waals surface area contributed by atoms with E-state index in [0.717, 1.165) is 16.5 Å². The highest BCUT2D eigenvalue weighted by Gasteiger charge is 2.38. The summed E-state index contributed by atoms with van der Waals surface area (Å²) >= 11 is 0. The van der Waals surface area contributed by atoms with E-state index in [4.69, 9.17) is 16.6 Å². The minimum Gasteiger partial charge on any atom is -0.481 e. The first kappa shape index (κ1) is 29.6. The number of para-hydroxylation sites is 1. The molecule has 0 spiro atoms. The second-order valence-corrected chi connectivity index (χ2v) is 9.70. The topological polar surface area (TPSA) is 221 Å². The van der Waals surface area contributed by atoms with Gasteiger partial charge in [0.25, 0.3) is 0 Å². The van der Waals surface area contributed by atoms with Crippen molar-refractivity contribution < 1.29 is 34.2 Å². The smallest absolute Gasteiger partial charge is 0.326 e. The Balaban J connectivity index is 1.68. The van der Waals surface area contributed by atoms with Gasteiger partial charge in [-0.3, -0.25) is 19.2 Å². The maximum absolute atomic E-state index is 13.3. The molecule has 1 aliphatic rings. The first-order chi connectivity index (χ1) is 18.6. The number of nitrogens with one attached hydrogen (secondary N) is 3. The van der Waals surface area contributed by atoms with E-state index < -0.39 is 54.3 Å². The molecule has 1 fully saturated rings. The molecule has 3 rings (SSSR count). The van der Waals surface area contributed by atoms with E-state index in [2.05, 4.69) is 15.6 Å². The summed E-state index contributed by atoms with van der Waals surface area (Å²) in [6, 6.07) is 3.15. The maximum Gasteiger partial charge on any atom is 0.326 e. The molecule has 13 nitrogen and oxygen atoms in total. The van der Waals surface area contributed by atoms with Gasteiger partial charge in [-0.2, -0.15) is 0 Å². The molecule has 0 radical (unpaired) electrons. The summed E-state index contributed by atoms with van der Waals surface area (Å²) < 4.78 is 0. The van der Waals surface area contributed by atoms with Crippen molar-refractivity contribution in [1.29, 1.82) is 0 Å². The summed E-state index contributed by atoms with van der Waals surface area (Å²) in [5, 5.41) is 24.0. The van der Waals surface area contributed by atoms with E-state index in [-0.39, 0.29) is 18.7 Å². The first-order valence-corrected chi connectivity index (χ1v) is 13.0. The van der Waals surface area contributed by atoms with Gasteiger partial charge >= 0.3 is 11.9 Å². The predicted octanol–water partition coefficient (Wildman–Crippen LogP) is -0.313. The number of unbranched alkanes of at least 4 members (excludes halogenated alkanes) is 1. The molecule has 0 bridgehead atoms. The van der Waals surface area contributed by atoms with Crippen LogP contribution in [-0.4, -0.2) is 87.0 Å². The van der Waals surface area contributed by atoms with Crippen LogP contribution in [0.3, 0.4) is 0 Å². The van der Waals surface area contributed by atoms with Gasteiger partial charge in [0.15, 0.2) is 0 Å². The number of aliphatic carboxylic acids is 2. The highest BCUT2D eigenvalue weighted by molar-refractivity contribution is 5.95. The van der Waals surface area contributed by atoms with Gasteiger partial charge in [-0.1, -0.05) is 18.2 Å². The highest BCUT2D eigenvalue weighted by Crippen LogP contribution is 2.22. The number of benzene rings is 1. The minimum atomic E-state index is -1.66. The Morgan fingerprint density at radius 3 is 2.51 bits per heavy atom. The standard InChI is InChI=1S/C26H36N6O7/c27-10-4-3-8-19(23(35)31-20(26(38)39)13-22(33)34)30-24(36)21-9-5-11-32(21)25(37)17(28)12-15-14-29-18-7-2-1-6-16(15)18/h1-2,6-7,14,17,19-21,29H,3-5,8-13,27-28H2,(H,30,36)(H,31,35)(H,33,34)(H,38,39). The van der Waals surface area contributed by atoms with E-state index in [9.17, 15) is 29.1 Å². The summed E-state index contributed by atoms with van der Waals surface area (Å²) in [5.41, 5.74) is 13.6. The molecular weight excluding hydrogens is 508 g/mol. The Morgan fingerprint density at radius 2 is 1.82 bits per heavy atom. The van der Waals surface area contributed by atoms with Crippen LogP contribution in [-0.2, 0) is 30.4 Å². The number of amides is 3. The van der Waals surface area contributed by atoms with Crippen molar-refractivity contribution in [3.63, 3.8) is 0 Å². The number of rotatable bonds is 14. The fraction of sp³-hybridized carbons (Fsp3) is 0.500. The van der Waals surface area contributed by atoms with Crippen LogP contribution >= 0.6 is 0 Å². The second-order valence-electron chi connectivity index (χ2n) is 9.70. The third kappa shape index (κ3) is 7.77. The number of aromatic nitrogens is 1. The third-order valence-electron chi connectivity index (χ3n) is 6.84. The van der Waals surface area contributed by atoms with Gasteiger partial charge in [-0.25, -0.2) is 4.79 Å². The molecule has 0 aliphatic carbocycles. The molecule has 3 amide bonds. The SMILES string of the molecule is NCCCCC(NC(=O)C1CCCN1C(=O)C(N)Cc1c[nH]c2ccccc12)C(=O)NC(CC(=O)O)C(=O)O. The summed E-state index contributed by atoms with van der Waals surface area (Å²) in [6.07, 6.45) is 3.42. The summed E-state index contributed by atoms with van der Waals surface area (Å²) in [7, 11) is 0. The second kappa shape index (κ2) is 13.7. The fourth-order valence-corrected chi connectivity index (χ4v) is 4.82. The maximum atomic E-state index is 13.3. The van der Waals surface area contributed by atoms with Crippen molar-refractivity contribution in [2.24, 2.45) is 11.5 Å². The van der Waals surface area contributed by atoms with Gasteiger partial charge in [0.1, 0.15) is 18.1 Å². The van der Waals surface area contributed by atoms with Crippen molar-refractivity contribution in [1.82, 2.24) is 20.5 Å². The summed E-state index contributed by atoms with van der Waals surface area (Å²) in [6.45, 7) is 0.695. The van der Waals surface area contributed by atoms with Crippen molar-refractivity contribution in [2.45, 2.75) is 69.1 Å².